The first-order chi connectivity index (χ1) is 16.4. The molecule has 0 saturated carbocycles. The van der Waals surface area contributed by atoms with Crippen LogP contribution in [0.5, 0.6) is 0 Å². The van der Waals surface area contributed by atoms with Crippen molar-refractivity contribution >= 4 is 63.8 Å². The van der Waals surface area contributed by atoms with Crippen molar-refractivity contribution in [3.8, 4) is 0 Å². The summed E-state index contributed by atoms with van der Waals surface area (Å²) in [7, 11) is 2.13. The first-order valence-corrected chi connectivity index (χ1v) is 11.4. The van der Waals surface area contributed by atoms with Crippen molar-refractivity contribution in [1.29, 1.82) is 0 Å². The summed E-state index contributed by atoms with van der Waals surface area (Å²) in [5.74, 6) is 1.37. The Morgan fingerprint density at radius 2 is 1.76 bits per heavy atom. The lowest BCUT2D eigenvalue weighted by atomic mass is 10.2. The van der Waals surface area contributed by atoms with E-state index >= 15 is 0 Å². The molecule has 0 bridgehead atoms. The summed E-state index contributed by atoms with van der Waals surface area (Å²) in [6, 6.07) is 9.01. The highest BCUT2D eigenvalue weighted by Crippen LogP contribution is 2.30. The zero-order valence-corrected chi connectivity index (χ0v) is 20.1. The second kappa shape index (κ2) is 10.7. The number of hydrogen-bond acceptors (Lipinski definition) is 8. The molecule has 0 atom stereocenters. The van der Waals surface area contributed by atoms with Crippen LogP contribution >= 0.6 is 23.2 Å². The van der Waals surface area contributed by atoms with Gasteiger partial charge in [0, 0.05) is 31.9 Å². The number of benzene rings is 1. The van der Waals surface area contributed by atoms with Crippen molar-refractivity contribution in [2.45, 2.75) is 0 Å². The van der Waals surface area contributed by atoms with Gasteiger partial charge < -0.3 is 25.8 Å². The van der Waals surface area contributed by atoms with E-state index < -0.39 is 0 Å². The molecular formula is C23H24Cl2N8O. The Balaban J connectivity index is 1.43. The number of piperazine rings is 1. The van der Waals surface area contributed by atoms with E-state index in [9.17, 15) is 4.79 Å². The zero-order chi connectivity index (χ0) is 24.1. The number of nitrogens with zero attached hydrogens (tertiary/aromatic N) is 5. The van der Waals surface area contributed by atoms with Gasteiger partial charge in [0.1, 0.15) is 10.8 Å². The first-order valence-electron chi connectivity index (χ1n) is 10.6. The second-order valence-corrected chi connectivity index (χ2v) is 8.54. The molecule has 2 aromatic heterocycles. The molecule has 9 nitrogen and oxygen atoms in total. The molecule has 0 aliphatic carbocycles. The summed E-state index contributed by atoms with van der Waals surface area (Å²) in [5.41, 5.74) is 1.88. The van der Waals surface area contributed by atoms with Crippen LogP contribution in [0.15, 0.2) is 55.4 Å². The Morgan fingerprint density at radius 1 is 1.00 bits per heavy atom. The number of halogens is 2. The Labute approximate surface area is 207 Å². The van der Waals surface area contributed by atoms with E-state index in [0.717, 1.165) is 37.7 Å². The molecule has 0 spiro atoms. The molecule has 3 N–H and O–H groups in total. The lowest BCUT2D eigenvalue weighted by Crippen LogP contribution is -2.44. The number of carbonyl (C=O) groups excluding carboxylic acids is 1. The van der Waals surface area contributed by atoms with Gasteiger partial charge in [-0.25, -0.2) is 9.97 Å². The minimum Gasteiger partial charge on any atom is -0.354 e. The highest BCUT2D eigenvalue weighted by molar-refractivity contribution is 6.34. The van der Waals surface area contributed by atoms with Gasteiger partial charge in [0.15, 0.2) is 5.82 Å². The summed E-state index contributed by atoms with van der Waals surface area (Å²) in [6.45, 7) is 7.38. The maximum atomic E-state index is 11.5. The third kappa shape index (κ3) is 5.93. The van der Waals surface area contributed by atoms with Gasteiger partial charge in [0.05, 0.1) is 28.8 Å². The standard InChI is InChI=1S/C23H24Cl2N8O/c1-3-21(34)30-19-6-4-15(12-17(19)24)28-22-18(25)14-27-23(31-22)29-16-5-7-20(26-13-16)33-10-8-32(2)9-11-33/h3-7,12-14H,1,8-11H2,2H3,(H,30,34)(H2,27,28,29,31). The lowest BCUT2D eigenvalue weighted by Gasteiger charge is -2.33. The highest BCUT2D eigenvalue weighted by atomic mass is 35.5. The molecule has 1 fully saturated rings. The largest absolute Gasteiger partial charge is 0.354 e. The Morgan fingerprint density at radius 3 is 2.44 bits per heavy atom. The molecule has 0 unspecified atom stereocenters. The average molecular weight is 499 g/mol. The van der Waals surface area contributed by atoms with Gasteiger partial charge in [-0.1, -0.05) is 29.8 Å². The van der Waals surface area contributed by atoms with E-state index in [1.807, 2.05) is 12.1 Å². The number of pyridine rings is 1. The van der Waals surface area contributed by atoms with Gasteiger partial charge in [0.2, 0.25) is 11.9 Å². The van der Waals surface area contributed by atoms with Gasteiger partial charge >= 0.3 is 0 Å². The van der Waals surface area contributed by atoms with Crippen molar-refractivity contribution in [2.75, 3.05) is 54.1 Å². The number of nitrogens with one attached hydrogen (secondary N) is 3. The molecule has 3 aromatic rings. The molecule has 34 heavy (non-hydrogen) atoms. The predicted octanol–water partition coefficient (Wildman–Crippen LogP) is 4.54. The van der Waals surface area contributed by atoms with Gasteiger partial charge in [-0.2, -0.15) is 4.98 Å². The Kier molecular flexibility index (Phi) is 7.46. The van der Waals surface area contributed by atoms with Gasteiger partial charge in [0.25, 0.3) is 0 Å². The van der Waals surface area contributed by atoms with E-state index in [1.165, 1.54) is 12.3 Å². The fourth-order valence-corrected chi connectivity index (χ4v) is 3.71. The summed E-state index contributed by atoms with van der Waals surface area (Å²) in [6.07, 6.45) is 4.44. The summed E-state index contributed by atoms with van der Waals surface area (Å²) < 4.78 is 0. The topological polar surface area (TPSA) is 98.3 Å². The summed E-state index contributed by atoms with van der Waals surface area (Å²) in [4.78, 5) is 29.4. The number of aromatic nitrogens is 3. The fourth-order valence-electron chi connectivity index (χ4n) is 3.34. The minimum atomic E-state index is -0.344. The second-order valence-electron chi connectivity index (χ2n) is 7.72. The summed E-state index contributed by atoms with van der Waals surface area (Å²) >= 11 is 12.6. The quantitative estimate of drug-likeness (QED) is 0.408. The third-order valence-corrected chi connectivity index (χ3v) is 5.84. The Bertz CT molecular complexity index is 1180. The van der Waals surface area contributed by atoms with Crippen molar-refractivity contribution in [3.05, 3.63) is 65.4 Å². The van der Waals surface area contributed by atoms with Crippen LogP contribution in [0, 0.1) is 0 Å². The molecule has 3 heterocycles. The van der Waals surface area contributed by atoms with Crippen molar-refractivity contribution < 1.29 is 4.79 Å². The Hall–Kier alpha value is -3.40. The van der Waals surface area contributed by atoms with Gasteiger partial charge in [-0.15, -0.1) is 0 Å². The monoisotopic (exact) mass is 498 g/mol. The minimum absolute atomic E-state index is 0.342. The van der Waals surface area contributed by atoms with E-state index in [0.29, 0.717) is 33.2 Å². The maximum absolute atomic E-state index is 11.5. The molecule has 0 radical (unpaired) electrons. The van der Waals surface area contributed by atoms with E-state index in [4.69, 9.17) is 23.2 Å². The smallest absolute Gasteiger partial charge is 0.247 e. The molecule has 1 aromatic carbocycles. The molecule has 11 heteroatoms. The number of likely N-dealkylation sites (N-methyl/N-ethyl adjacent to an activating group) is 1. The molecule has 4 rings (SSSR count). The molecule has 1 amide bonds. The van der Waals surface area contributed by atoms with Crippen LogP contribution in [-0.2, 0) is 4.79 Å². The average Bonchev–Trinajstić information content (AvgIpc) is 2.84. The molecule has 1 saturated heterocycles. The first kappa shape index (κ1) is 23.7. The lowest BCUT2D eigenvalue weighted by molar-refractivity contribution is -0.111. The molecular weight excluding hydrogens is 475 g/mol. The van der Waals surface area contributed by atoms with Crippen LogP contribution in [0.2, 0.25) is 10.0 Å². The fraction of sp³-hybridized carbons (Fsp3) is 0.217. The number of amides is 1. The van der Waals surface area contributed by atoms with E-state index in [1.54, 1.807) is 24.4 Å². The number of rotatable bonds is 7. The summed E-state index contributed by atoms with van der Waals surface area (Å²) in [5, 5.41) is 9.61. The molecule has 176 valence electrons. The normalized spacial score (nSPS) is 13.9. The van der Waals surface area contributed by atoms with Crippen LogP contribution in [0.4, 0.5) is 34.6 Å². The SMILES string of the molecule is C=CC(=O)Nc1ccc(Nc2nc(Nc3ccc(N4CCN(C)CC4)nc3)ncc2Cl)cc1Cl. The van der Waals surface area contributed by atoms with Crippen LogP contribution in [-0.4, -0.2) is 59.0 Å². The molecule has 1 aliphatic heterocycles. The van der Waals surface area contributed by atoms with E-state index in [2.05, 4.69) is 54.3 Å². The zero-order valence-electron chi connectivity index (χ0n) is 18.6. The van der Waals surface area contributed by atoms with Crippen LogP contribution in [0.25, 0.3) is 0 Å². The number of hydrogen-bond donors (Lipinski definition) is 3. The van der Waals surface area contributed by atoms with E-state index in [-0.39, 0.29) is 5.91 Å². The van der Waals surface area contributed by atoms with Gasteiger partial charge in [-0.05, 0) is 43.5 Å². The number of carbonyl (C=O) groups is 1. The van der Waals surface area contributed by atoms with Crippen LogP contribution in [0.1, 0.15) is 0 Å². The van der Waals surface area contributed by atoms with Crippen molar-refractivity contribution in [2.24, 2.45) is 0 Å². The highest BCUT2D eigenvalue weighted by Gasteiger charge is 2.15. The van der Waals surface area contributed by atoms with Gasteiger partial charge in [-0.3, -0.25) is 4.79 Å². The van der Waals surface area contributed by atoms with Crippen LogP contribution in [0.3, 0.4) is 0 Å². The number of anilines is 6. The third-order valence-electron chi connectivity index (χ3n) is 5.25. The maximum Gasteiger partial charge on any atom is 0.247 e. The van der Waals surface area contributed by atoms with Crippen molar-refractivity contribution in [3.63, 3.8) is 0 Å². The van der Waals surface area contributed by atoms with Crippen LogP contribution < -0.4 is 20.9 Å². The molecule has 1 aliphatic rings. The van der Waals surface area contributed by atoms with Crippen molar-refractivity contribution in [1.82, 2.24) is 19.9 Å². The predicted molar refractivity (Wildman–Crippen MR) is 138 cm³/mol.